The van der Waals surface area contributed by atoms with E-state index in [1.807, 2.05) is 0 Å². The van der Waals surface area contributed by atoms with Crippen LogP contribution in [0.5, 0.6) is 0 Å². The topological polar surface area (TPSA) is 50.2 Å². The van der Waals surface area contributed by atoms with Crippen molar-refractivity contribution in [1.82, 2.24) is 4.98 Å². The van der Waals surface area contributed by atoms with Gasteiger partial charge in [0, 0.05) is 10.7 Å². The summed E-state index contributed by atoms with van der Waals surface area (Å²) in [5.74, 6) is -0.0386. The summed E-state index contributed by atoms with van der Waals surface area (Å²) in [6.45, 7) is 4.61. The van der Waals surface area contributed by atoms with Crippen molar-refractivity contribution >= 4 is 21.9 Å². The molecule has 4 heteroatoms. The van der Waals surface area contributed by atoms with Crippen molar-refractivity contribution in [3.63, 3.8) is 0 Å². The van der Waals surface area contributed by atoms with Gasteiger partial charge in [-0.15, -0.1) is 0 Å². The molecule has 1 N–H and O–H groups in total. The van der Waals surface area contributed by atoms with E-state index < -0.39 is 5.97 Å². The smallest absolute Gasteiger partial charge is 0.337 e. The molecule has 148 valence electrons. The molecule has 0 atom stereocenters. The maximum Gasteiger partial charge on any atom is 0.337 e. The fraction of sp³-hybridized carbons (Fsp3) is 0.727. The number of halogens is 1. The van der Waals surface area contributed by atoms with Crippen LogP contribution in [0.25, 0.3) is 0 Å². The summed E-state index contributed by atoms with van der Waals surface area (Å²) in [6.07, 6.45) is 18.2. The average molecular weight is 426 g/mol. The van der Waals surface area contributed by atoms with Crippen LogP contribution in [0.2, 0.25) is 0 Å². The van der Waals surface area contributed by atoms with E-state index >= 15 is 0 Å². The zero-order valence-corrected chi connectivity index (χ0v) is 18.2. The van der Waals surface area contributed by atoms with Crippen LogP contribution >= 0.6 is 15.9 Å². The minimum absolute atomic E-state index is 0.327. The van der Waals surface area contributed by atoms with E-state index in [1.54, 1.807) is 12.3 Å². The van der Waals surface area contributed by atoms with Crippen LogP contribution in [-0.2, 0) is 6.42 Å². The predicted molar refractivity (Wildman–Crippen MR) is 113 cm³/mol. The van der Waals surface area contributed by atoms with E-state index in [-0.39, 0.29) is 0 Å². The van der Waals surface area contributed by atoms with Gasteiger partial charge in [0.05, 0.1) is 11.3 Å². The third-order valence-electron chi connectivity index (χ3n) is 4.86. The Balaban J connectivity index is 1.98. The van der Waals surface area contributed by atoms with Gasteiger partial charge in [0.25, 0.3) is 0 Å². The summed E-state index contributed by atoms with van der Waals surface area (Å²) in [4.78, 5) is 15.5. The number of aromatic carboxylic acids is 1. The van der Waals surface area contributed by atoms with Crippen LogP contribution in [0.15, 0.2) is 16.7 Å². The second-order valence-corrected chi connectivity index (χ2v) is 8.69. The second-order valence-electron chi connectivity index (χ2n) is 7.77. The van der Waals surface area contributed by atoms with Gasteiger partial charge in [-0.3, -0.25) is 4.98 Å². The van der Waals surface area contributed by atoms with Gasteiger partial charge < -0.3 is 5.11 Å². The van der Waals surface area contributed by atoms with E-state index in [0.717, 1.165) is 29.7 Å². The molecule has 0 unspecified atom stereocenters. The lowest BCUT2D eigenvalue weighted by Gasteiger charge is -2.06. The summed E-state index contributed by atoms with van der Waals surface area (Å²) in [5, 5.41) is 9.24. The fourth-order valence-corrected chi connectivity index (χ4v) is 3.62. The Morgan fingerprint density at radius 3 is 1.96 bits per heavy atom. The second kappa shape index (κ2) is 14.2. The van der Waals surface area contributed by atoms with Crippen LogP contribution in [0, 0.1) is 5.92 Å². The molecule has 0 saturated heterocycles. The molecule has 0 aliphatic carbocycles. The van der Waals surface area contributed by atoms with Crippen LogP contribution in [0.1, 0.15) is 107 Å². The molecule has 1 heterocycles. The first-order valence-corrected chi connectivity index (χ1v) is 11.2. The highest BCUT2D eigenvalue weighted by molar-refractivity contribution is 9.10. The standard InChI is InChI=1S/C22H36BrNO2/c1-18(2)14-12-10-8-6-4-3-5-7-9-11-13-15-21-20(22(25)26)16-19(23)17-24-21/h16-18H,3-15H2,1-2H3,(H,25,26). The molecule has 0 saturated carbocycles. The predicted octanol–water partition coefficient (Wildman–Crippen LogP) is 7.42. The lowest BCUT2D eigenvalue weighted by molar-refractivity contribution is 0.0695. The van der Waals surface area contributed by atoms with E-state index in [9.17, 15) is 9.90 Å². The molecule has 26 heavy (non-hydrogen) atoms. The Labute approximate surface area is 168 Å². The van der Waals surface area contributed by atoms with Crippen LogP contribution < -0.4 is 0 Å². The number of pyridine rings is 1. The monoisotopic (exact) mass is 425 g/mol. The molecule has 0 aliphatic rings. The van der Waals surface area contributed by atoms with Crippen LogP contribution in [-0.4, -0.2) is 16.1 Å². The molecular formula is C22H36BrNO2. The maximum atomic E-state index is 11.3. The average Bonchev–Trinajstić information content (AvgIpc) is 2.59. The third-order valence-corrected chi connectivity index (χ3v) is 5.30. The summed E-state index contributed by atoms with van der Waals surface area (Å²) < 4.78 is 0.721. The van der Waals surface area contributed by atoms with E-state index in [0.29, 0.717) is 11.3 Å². The number of carboxylic acid groups (broad SMARTS) is 1. The highest BCUT2D eigenvalue weighted by atomic mass is 79.9. The highest BCUT2D eigenvalue weighted by Crippen LogP contribution is 2.17. The van der Waals surface area contributed by atoms with Gasteiger partial charge in [-0.05, 0) is 40.8 Å². The van der Waals surface area contributed by atoms with Gasteiger partial charge in [-0.25, -0.2) is 4.79 Å². The van der Waals surface area contributed by atoms with Crippen molar-refractivity contribution in [1.29, 1.82) is 0 Å². The number of aryl methyl sites for hydroxylation is 1. The molecule has 1 aromatic heterocycles. The summed E-state index contributed by atoms with van der Waals surface area (Å²) in [6, 6.07) is 1.65. The minimum Gasteiger partial charge on any atom is -0.478 e. The van der Waals surface area contributed by atoms with E-state index in [4.69, 9.17) is 0 Å². The van der Waals surface area contributed by atoms with Crippen molar-refractivity contribution in [2.45, 2.75) is 97.3 Å². The first kappa shape index (κ1) is 23.1. The van der Waals surface area contributed by atoms with Gasteiger partial charge >= 0.3 is 5.97 Å². The zero-order chi connectivity index (χ0) is 19.2. The number of carboxylic acids is 1. The van der Waals surface area contributed by atoms with E-state index in [1.165, 1.54) is 64.2 Å². The SMILES string of the molecule is CC(C)CCCCCCCCCCCCCc1ncc(Br)cc1C(=O)O. The van der Waals surface area contributed by atoms with E-state index in [2.05, 4.69) is 34.8 Å². The zero-order valence-electron chi connectivity index (χ0n) is 16.6. The molecule has 1 aromatic rings. The molecule has 3 nitrogen and oxygen atoms in total. The van der Waals surface area contributed by atoms with Crippen LogP contribution in [0.4, 0.5) is 0 Å². The number of nitrogens with zero attached hydrogens (tertiary/aromatic N) is 1. The molecule has 0 aliphatic heterocycles. The first-order chi connectivity index (χ1) is 12.5. The molecular weight excluding hydrogens is 390 g/mol. The van der Waals surface area contributed by atoms with Gasteiger partial charge in [0.1, 0.15) is 0 Å². The quantitative estimate of drug-likeness (QED) is 0.297. The summed E-state index contributed by atoms with van der Waals surface area (Å²) in [5.41, 5.74) is 1.03. The third kappa shape index (κ3) is 10.9. The fourth-order valence-electron chi connectivity index (χ4n) is 3.29. The molecule has 1 rings (SSSR count). The van der Waals surface area contributed by atoms with Gasteiger partial charge in [-0.2, -0.15) is 0 Å². The molecule has 0 radical (unpaired) electrons. The lowest BCUT2D eigenvalue weighted by Crippen LogP contribution is -2.05. The number of unbranched alkanes of at least 4 members (excludes halogenated alkanes) is 10. The van der Waals surface area contributed by atoms with Gasteiger partial charge in [0.15, 0.2) is 0 Å². The van der Waals surface area contributed by atoms with Gasteiger partial charge in [0.2, 0.25) is 0 Å². The molecule has 0 fully saturated rings. The van der Waals surface area contributed by atoms with Crippen LogP contribution in [0.3, 0.4) is 0 Å². The van der Waals surface area contributed by atoms with Gasteiger partial charge in [-0.1, -0.05) is 84.5 Å². The Morgan fingerprint density at radius 1 is 0.962 bits per heavy atom. The molecule has 0 aromatic carbocycles. The number of carbonyl (C=O) groups is 1. The normalized spacial score (nSPS) is 11.2. The van der Waals surface area contributed by atoms with Crippen molar-refractivity contribution in [2.24, 2.45) is 5.92 Å². The molecule has 0 amide bonds. The summed E-state index contributed by atoms with van der Waals surface area (Å²) >= 11 is 3.28. The van der Waals surface area contributed by atoms with Crippen molar-refractivity contribution in [3.05, 3.63) is 28.0 Å². The largest absolute Gasteiger partial charge is 0.478 e. The summed E-state index contributed by atoms with van der Waals surface area (Å²) in [7, 11) is 0. The highest BCUT2D eigenvalue weighted by Gasteiger charge is 2.11. The Kier molecular flexibility index (Phi) is 12.6. The van der Waals surface area contributed by atoms with Crippen molar-refractivity contribution in [3.8, 4) is 0 Å². The number of aromatic nitrogens is 1. The number of hydrogen-bond acceptors (Lipinski definition) is 2. The number of hydrogen-bond donors (Lipinski definition) is 1. The number of rotatable bonds is 15. The Morgan fingerprint density at radius 2 is 1.46 bits per heavy atom. The lowest BCUT2D eigenvalue weighted by atomic mass is 10.0. The Bertz CT molecular complexity index is 517. The Hall–Kier alpha value is -0.900. The molecule has 0 spiro atoms. The maximum absolute atomic E-state index is 11.3. The van der Waals surface area contributed by atoms with Crippen molar-refractivity contribution in [2.75, 3.05) is 0 Å². The molecule has 0 bridgehead atoms. The first-order valence-electron chi connectivity index (χ1n) is 10.4. The van der Waals surface area contributed by atoms with Crippen molar-refractivity contribution < 1.29 is 9.90 Å². The minimum atomic E-state index is -0.891.